The van der Waals surface area contributed by atoms with Crippen LogP contribution in [0.5, 0.6) is 11.5 Å². The number of ether oxygens (including phenoxy) is 1. The first kappa shape index (κ1) is 50.6. The largest absolute Gasteiger partial charge is 0.457 e. The summed E-state index contributed by atoms with van der Waals surface area (Å²) >= 11 is 0. The Hall–Kier alpha value is -5.81. The summed E-state index contributed by atoms with van der Waals surface area (Å²) in [6.07, 6.45) is 1.95. The van der Waals surface area contributed by atoms with Gasteiger partial charge >= 0.3 is 0 Å². The van der Waals surface area contributed by atoms with Crippen LogP contribution in [0.25, 0.3) is 27.6 Å². The molecule has 3 heterocycles. The van der Waals surface area contributed by atoms with Gasteiger partial charge in [0.2, 0.25) is 0 Å². The topological polar surface area (TPSA) is 33.5 Å². The van der Waals surface area contributed by atoms with Gasteiger partial charge in [-0.25, -0.2) is 4.98 Å². The lowest BCUT2D eigenvalue weighted by molar-refractivity contribution is 0.444. The zero-order valence-corrected chi connectivity index (χ0v) is 46.5. The molecular formula is C65H82N4O. The van der Waals surface area contributed by atoms with E-state index in [1.807, 2.05) is 6.20 Å². The standard InChI is InChI=1S/C65H82N4O/c1-59(2,3)43-30-31-66-56(38-43)69-54-29-26-44(65(19,20)42-24-22-21-23-25-42)37-53(54)52-28-27-50(40-55(52)69)70-51-36-47(62(10,11)12)35-49(39-51)68-41-67(57(63(13,14)15)58(68)64(16,17)18)48-33-45(60(4,5)6)32-46(34-48)61(7,8)9/h21-40H,41H2,1-20H3. The molecule has 1 aliphatic heterocycles. The van der Waals surface area contributed by atoms with Gasteiger partial charge in [0.15, 0.2) is 0 Å². The molecule has 0 N–H and O–H groups in total. The second-order valence-corrected chi connectivity index (χ2v) is 26.9. The van der Waals surface area contributed by atoms with E-state index in [1.165, 1.54) is 55.8 Å². The average Bonchev–Trinajstić information content (AvgIpc) is 3.83. The second kappa shape index (κ2) is 17.2. The maximum Gasteiger partial charge on any atom is 0.137 e. The van der Waals surface area contributed by atoms with Crippen molar-refractivity contribution in [1.29, 1.82) is 0 Å². The molecule has 0 radical (unpaired) electrons. The van der Waals surface area contributed by atoms with Gasteiger partial charge in [0.25, 0.3) is 0 Å². The van der Waals surface area contributed by atoms with Crippen molar-refractivity contribution in [2.75, 3.05) is 16.5 Å². The summed E-state index contributed by atoms with van der Waals surface area (Å²) in [7, 11) is 0. The molecule has 368 valence electrons. The van der Waals surface area contributed by atoms with Crippen LogP contribution in [0.1, 0.15) is 172 Å². The number of anilines is 2. The number of fused-ring (bicyclic) bond motifs is 3. The van der Waals surface area contributed by atoms with Crippen LogP contribution in [0.15, 0.2) is 133 Å². The Balaban J connectivity index is 1.29. The molecule has 2 aromatic heterocycles. The fraction of sp³-hybridized carbons (Fsp3) is 0.431. The number of hydrogen-bond donors (Lipinski definition) is 0. The van der Waals surface area contributed by atoms with Crippen molar-refractivity contribution >= 4 is 33.2 Å². The number of benzene rings is 5. The van der Waals surface area contributed by atoms with E-state index in [9.17, 15) is 0 Å². The van der Waals surface area contributed by atoms with E-state index >= 15 is 0 Å². The highest BCUT2D eigenvalue weighted by atomic mass is 16.5. The maximum atomic E-state index is 7.17. The molecule has 0 fully saturated rings. The molecule has 7 aromatic rings. The summed E-state index contributed by atoms with van der Waals surface area (Å²) in [4.78, 5) is 10.2. The fourth-order valence-corrected chi connectivity index (χ4v) is 10.2. The highest BCUT2D eigenvalue weighted by molar-refractivity contribution is 6.10. The second-order valence-electron chi connectivity index (χ2n) is 26.9. The molecule has 0 aliphatic carbocycles. The van der Waals surface area contributed by atoms with Crippen LogP contribution in [0.3, 0.4) is 0 Å². The lowest BCUT2D eigenvalue weighted by Crippen LogP contribution is -2.32. The Kier molecular flexibility index (Phi) is 12.4. The van der Waals surface area contributed by atoms with Gasteiger partial charge in [-0.15, -0.1) is 0 Å². The maximum absolute atomic E-state index is 7.17. The van der Waals surface area contributed by atoms with Gasteiger partial charge in [-0.1, -0.05) is 181 Å². The summed E-state index contributed by atoms with van der Waals surface area (Å²) in [6.45, 7) is 47.2. The molecule has 5 heteroatoms. The van der Waals surface area contributed by atoms with Crippen LogP contribution >= 0.6 is 0 Å². The van der Waals surface area contributed by atoms with Gasteiger partial charge in [0.1, 0.15) is 17.3 Å². The van der Waals surface area contributed by atoms with Crippen LogP contribution in [0.2, 0.25) is 0 Å². The number of hydrogen-bond acceptors (Lipinski definition) is 4. The Morgan fingerprint density at radius 2 is 0.914 bits per heavy atom. The van der Waals surface area contributed by atoms with Crippen LogP contribution in [-0.4, -0.2) is 16.2 Å². The van der Waals surface area contributed by atoms with E-state index in [0.717, 1.165) is 39.4 Å². The van der Waals surface area contributed by atoms with E-state index in [4.69, 9.17) is 9.72 Å². The number of rotatable bonds is 7. The highest BCUT2D eigenvalue weighted by Gasteiger charge is 2.43. The minimum Gasteiger partial charge on any atom is -0.457 e. The van der Waals surface area contributed by atoms with Crippen molar-refractivity contribution in [3.8, 4) is 17.3 Å². The molecule has 5 nitrogen and oxygen atoms in total. The molecule has 1 aliphatic rings. The first-order valence-electron chi connectivity index (χ1n) is 25.6. The first-order valence-corrected chi connectivity index (χ1v) is 25.6. The van der Waals surface area contributed by atoms with E-state index in [0.29, 0.717) is 6.67 Å². The monoisotopic (exact) mass is 935 g/mol. The van der Waals surface area contributed by atoms with Crippen molar-refractivity contribution in [2.24, 2.45) is 10.8 Å². The molecule has 0 saturated heterocycles. The smallest absolute Gasteiger partial charge is 0.137 e. The van der Waals surface area contributed by atoms with Gasteiger partial charge in [0, 0.05) is 68.1 Å². The van der Waals surface area contributed by atoms with Crippen LogP contribution in [0.4, 0.5) is 11.4 Å². The normalized spacial score (nSPS) is 14.7. The average molecular weight is 935 g/mol. The SMILES string of the molecule is CC(C)(C)C1=C(C(C)(C)C)N(c2cc(C(C)(C)C)cc(C(C)(C)C)c2)CN1c1cc(Oc2ccc3c4cc(C(C)(C)c5ccccc5)ccc4n(-c4cc(C(C)(C)C)ccn4)c3c2)cc(C(C)(C)C)c1. The van der Waals surface area contributed by atoms with Crippen LogP contribution in [-0.2, 0) is 27.1 Å². The zero-order chi connectivity index (χ0) is 51.3. The Morgan fingerprint density at radius 3 is 1.44 bits per heavy atom. The molecule has 5 aromatic carbocycles. The van der Waals surface area contributed by atoms with Gasteiger partial charge in [0.05, 0.1) is 17.7 Å². The van der Waals surface area contributed by atoms with Crippen molar-refractivity contribution in [3.05, 3.63) is 166 Å². The number of aromatic nitrogens is 2. The van der Waals surface area contributed by atoms with Crippen LogP contribution in [0, 0.1) is 10.8 Å². The number of nitrogens with zero attached hydrogens (tertiary/aromatic N) is 4. The Morgan fingerprint density at radius 1 is 0.386 bits per heavy atom. The number of pyridine rings is 1. The zero-order valence-electron chi connectivity index (χ0n) is 46.5. The van der Waals surface area contributed by atoms with Gasteiger partial charge in [-0.05, 0) is 116 Å². The fourth-order valence-electron chi connectivity index (χ4n) is 10.2. The molecule has 0 saturated carbocycles. The third-order valence-corrected chi connectivity index (χ3v) is 14.5. The lowest BCUT2D eigenvalue weighted by Gasteiger charge is -2.35. The third-order valence-electron chi connectivity index (χ3n) is 14.5. The van der Waals surface area contributed by atoms with Gasteiger partial charge in [-0.2, -0.15) is 0 Å². The number of allylic oxidation sites excluding steroid dienone is 2. The Labute approximate surface area is 422 Å². The molecule has 0 spiro atoms. The van der Waals surface area contributed by atoms with Gasteiger partial charge in [-0.3, -0.25) is 4.57 Å². The molecule has 0 atom stereocenters. The van der Waals surface area contributed by atoms with E-state index in [2.05, 4.69) is 268 Å². The van der Waals surface area contributed by atoms with E-state index in [1.54, 1.807) is 0 Å². The molecular weight excluding hydrogens is 853 g/mol. The minimum atomic E-state index is -0.193. The summed E-state index contributed by atoms with van der Waals surface area (Å²) in [5.74, 6) is 2.50. The van der Waals surface area contributed by atoms with Crippen molar-refractivity contribution in [1.82, 2.24) is 9.55 Å². The van der Waals surface area contributed by atoms with E-state index < -0.39 is 0 Å². The highest BCUT2D eigenvalue weighted by Crippen LogP contribution is 2.50. The summed E-state index contributed by atoms with van der Waals surface area (Å²) in [5.41, 5.74) is 14.3. The quantitative estimate of drug-likeness (QED) is 0.159. The summed E-state index contributed by atoms with van der Waals surface area (Å²) < 4.78 is 9.50. The predicted octanol–water partition coefficient (Wildman–Crippen LogP) is 18.1. The molecule has 0 amide bonds. The van der Waals surface area contributed by atoms with Crippen LogP contribution < -0.4 is 14.5 Å². The van der Waals surface area contributed by atoms with Gasteiger partial charge < -0.3 is 14.5 Å². The Bertz CT molecular complexity index is 3090. The van der Waals surface area contributed by atoms with E-state index in [-0.39, 0.29) is 37.9 Å². The van der Waals surface area contributed by atoms with Crippen molar-refractivity contribution in [2.45, 2.75) is 166 Å². The predicted molar refractivity (Wildman–Crippen MR) is 301 cm³/mol. The molecule has 0 unspecified atom stereocenters. The minimum absolute atomic E-state index is 0.00620. The molecule has 8 rings (SSSR count). The third kappa shape index (κ3) is 9.79. The first-order chi connectivity index (χ1) is 32.2. The van der Waals surface area contributed by atoms with Crippen molar-refractivity contribution < 1.29 is 4.74 Å². The van der Waals surface area contributed by atoms with Crippen molar-refractivity contribution in [3.63, 3.8) is 0 Å². The summed E-state index contributed by atoms with van der Waals surface area (Å²) in [5, 5.41) is 2.36. The molecule has 0 bridgehead atoms. The molecule has 70 heavy (non-hydrogen) atoms. The summed E-state index contributed by atoms with van der Waals surface area (Å²) in [6, 6.07) is 43.0. The lowest BCUT2D eigenvalue weighted by atomic mass is 9.78.